The van der Waals surface area contributed by atoms with E-state index in [9.17, 15) is 0 Å². The Morgan fingerprint density at radius 1 is 0.971 bits per heavy atom. The van der Waals surface area contributed by atoms with Gasteiger partial charge in [0.15, 0.2) is 0 Å². The zero-order valence-corrected chi connectivity index (χ0v) is 20.6. The average Bonchev–Trinajstić information content (AvgIpc) is 3.28. The molecule has 9 heteroatoms. The Morgan fingerprint density at radius 3 is 2.54 bits per heavy atom. The number of aromatic nitrogens is 4. The van der Waals surface area contributed by atoms with Gasteiger partial charge in [0, 0.05) is 17.3 Å². The number of rotatable bonds is 7. The molecule has 2 heterocycles. The normalized spacial score (nSPS) is 11.4. The fourth-order valence-electron chi connectivity index (χ4n) is 3.95. The van der Waals surface area contributed by atoms with Gasteiger partial charge in [0.25, 0.3) is 0 Å². The van der Waals surface area contributed by atoms with Crippen molar-refractivity contribution in [3.63, 3.8) is 0 Å². The molecule has 2 aromatic heterocycles. The van der Waals surface area contributed by atoms with E-state index in [1.54, 1.807) is 14.2 Å². The Kier molecular flexibility index (Phi) is 6.15. The lowest BCUT2D eigenvalue weighted by Crippen LogP contribution is -2.14. The summed E-state index contributed by atoms with van der Waals surface area (Å²) < 4.78 is 11.1. The molecular formula is C26H25ClN6O2. The number of methoxy groups -OCH3 is 2. The average molecular weight is 489 g/mol. The van der Waals surface area contributed by atoms with E-state index < -0.39 is 0 Å². The van der Waals surface area contributed by atoms with E-state index in [1.165, 1.54) is 0 Å². The van der Waals surface area contributed by atoms with Crippen LogP contribution < -0.4 is 14.8 Å². The minimum atomic E-state index is 0.574. The lowest BCUT2D eigenvalue weighted by atomic mass is 10.1. The van der Waals surface area contributed by atoms with Crippen LogP contribution in [0.25, 0.3) is 33.3 Å². The summed E-state index contributed by atoms with van der Waals surface area (Å²) in [5.41, 5.74) is 4.13. The summed E-state index contributed by atoms with van der Waals surface area (Å²) in [7, 11) is 7.19. The second-order valence-electron chi connectivity index (χ2n) is 8.37. The smallest absolute Gasteiger partial charge is 0.148 e. The predicted octanol–water partition coefficient (Wildman–Crippen LogP) is 5.65. The van der Waals surface area contributed by atoms with Crippen LogP contribution in [0.4, 0.5) is 11.5 Å². The molecular weight excluding hydrogens is 464 g/mol. The maximum absolute atomic E-state index is 6.57. The number of hydrogen-bond acceptors (Lipinski definition) is 7. The molecule has 8 nitrogen and oxygen atoms in total. The molecule has 0 saturated heterocycles. The molecule has 178 valence electrons. The van der Waals surface area contributed by atoms with Gasteiger partial charge < -0.3 is 24.7 Å². The SMILES string of the molecule is COc1cc(OC)c2nc(CN(C)C)nc(Nc3ccc(Cl)c(-c4nc5ccccc5[nH]4)c3)c2c1. The first-order valence-electron chi connectivity index (χ1n) is 11.0. The molecule has 0 unspecified atom stereocenters. The second-order valence-corrected chi connectivity index (χ2v) is 8.78. The molecule has 0 spiro atoms. The summed E-state index contributed by atoms with van der Waals surface area (Å²) in [6.07, 6.45) is 0. The molecule has 35 heavy (non-hydrogen) atoms. The summed E-state index contributed by atoms with van der Waals surface area (Å²) in [6, 6.07) is 17.3. The molecule has 0 atom stereocenters. The quantitative estimate of drug-likeness (QED) is 0.306. The molecule has 5 rings (SSSR count). The number of para-hydroxylation sites is 2. The van der Waals surface area contributed by atoms with Gasteiger partial charge in [0.2, 0.25) is 0 Å². The van der Waals surface area contributed by atoms with Crippen molar-refractivity contribution >= 4 is 45.0 Å². The highest BCUT2D eigenvalue weighted by molar-refractivity contribution is 6.33. The maximum Gasteiger partial charge on any atom is 0.148 e. The number of aromatic amines is 1. The van der Waals surface area contributed by atoms with Crippen molar-refractivity contribution in [2.24, 2.45) is 0 Å². The van der Waals surface area contributed by atoms with Crippen LogP contribution in [-0.2, 0) is 6.54 Å². The van der Waals surface area contributed by atoms with E-state index in [1.807, 2.05) is 73.6 Å². The number of anilines is 2. The zero-order valence-electron chi connectivity index (χ0n) is 19.9. The molecule has 0 fully saturated rings. The maximum atomic E-state index is 6.57. The molecule has 0 aliphatic heterocycles. The fraction of sp³-hybridized carbons (Fsp3) is 0.192. The Hall–Kier alpha value is -3.88. The Balaban J connectivity index is 1.62. The van der Waals surface area contributed by atoms with E-state index in [0.717, 1.165) is 27.7 Å². The number of H-pyrrole nitrogens is 1. The van der Waals surface area contributed by atoms with Gasteiger partial charge in [-0.05, 0) is 50.5 Å². The summed E-state index contributed by atoms with van der Waals surface area (Å²) in [6.45, 7) is 0.574. The van der Waals surface area contributed by atoms with Crippen molar-refractivity contribution in [3.05, 3.63) is 65.4 Å². The lowest BCUT2D eigenvalue weighted by molar-refractivity contribution is 0.389. The van der Waals surface area contributed by atoms with Crippen LogP contribution in [0.15, 0.2) is 54.6 Å². The van der Waals surface area contributed by atoms with E-state index in [4.69, 9.17) is 36.0 Å². The Bertz CT molecular complexity index is 1500. The third-order valence-corrected chi connectivity index (χ3v) is 5.90. The van der Waals surface area contributed by atoms with Crippen LogP contribution in [0.3, 0.4) is 0 Å². The summed E-state index contributed by atoms with van der Waals surface area (Å²) >= 11 is 6.57. The lowest BCUT2D eigenvalue weighted by Gasteiger charge is -2.16. The molecule has 0 aliphatic carbocycles. The molecule has 0 bridgehead atoms. The first kappa shape index (κ1) is 22.9. The first-order chi connectivity index (χ1) is 16.9. The topological polar surface area (TPSA) is 88.2 Å². The molecule has 0 saturated carbocycles. The first-order valence-corrected chi connectivity index (χ1v) is 11.4. The van der Waals surface area contributed by atoms with Crippen molar-refractivity contribution in [2.45, 2.75) is 6.54 Å². The largest absolute Gasteiger partial charge is 0.497 e. The van der Waals surface area contributed by atoms with E-state index in [0.29, 0.717) is 46.0 Å². The van der Waals surface area contributed by atoms with Crippen LogP contribution in [-0.4, -0.2) is 53.2 Å². The van der Waals surface area contributed by atoms with Gasteiger partial charge >= 0.3 is 0 Å². The van der Waals surface area contributed by atoms with Crippen LogP contribution in [0.2, 0.25) is 5.02 Å². The predicted molar refractivity (Wildman–Crippen MR) is 140 cm³/mol. The van der Waals surface area contributed by atoms with Gasteiger partial charge in [-0.1, -0.05) is 23.7 Å². The van der Waals surface area contributed by atoms with Crippen molar-refractivity contribution in [1.82, 2.24) is 24.8 Å². The third kappa shape index (κ3) is 4.58. The molecule has 0 amide bonds. The van der Waals surface area contributed by atoms with E-state index >= 15 is 0 Å². The van der Waals surface area contributed by atoms with E-state index in [2.05, 4.69) is 10.3 Å². The number of halogens is 1. The standard InChI is InChI=1S/C26H25ClN6O2/c1-33(2)14-23-31-24-18(12-16(34-3)13-22(24)35-4)26(32-23)28-15-9-10-19(27)17(11-15)25-29-20-7-5-6-8-21(20)30-25/h5-13H,14H2,1-4H3,(H,29,30)(H,28,31,32). The van der Waals surface area contributed by atoms with Gasteiger partial charge in [0.05, 0.1) is 42.2 Å². The highest BCUT2D eigenvalue weighted by atomic mass is 35.5. The molecule has 3 aromatic carbocycles. The number of benzene rings is 3. The molecule has 2 N–H and O–H groups in total. The van der Waals surface area contributed by atoms with Crippen molar-refractivity contribution in [1.29, 1.82) is 0 Å². The summed E-state index contributed by atoms with van der Waals surface area (Å²) in [5, 5.41) is 4.83. The van der Waals surface area contributed by atoms with Crippen LogP contribution >= 0.6 is 11.6 Å². The van der Waals surface area contributed by atoms with Crippen LogP contribution in [0.1, 0.15) is 5.82 Å². The van der Waals surface area contributed by atoms with Gasteiger partial charge in [-0.25, -0.2) is 15.0 Å². The third-order valence-electron chi connectivity index (χ3n) is 5.57. The minimum absolute atomic E-state index is 0.574. The molecule has 0 aliphatic rings. The van der Waals surface area contributed by atoms with E-state index in [-0.39, 0.29) is 0 Å². The number of nitrogens with zero attached hydrogens (tertiary/aromatic N) is 4. The highest BCUT2D eigenvalue weighted by Crippen LogP contribution is 2.36. The van der Waals surface area contributed by atoms with Crippen molar-refractivity contribution < 1.29 is 9.47 Å². The molecule has 5 aromatic rings. The van der Waals surface area contributed by atoms with Gasteiger partial charge in [0.1, 0.15) is 34.5 Å². The monoisotopic (exact) mass is 488 g/mol. The molecule has 0 radical (unpaired) electrons. The van der Waals surface area contributed by atoms with Gasteiger partial charge in [-0.2, -0.15) is 0 Å². The number of hydrogen-bond donors (Lipinski definition) is 2. The second kappa shape index (κ2) is 9.40. The van der Waals surface area contributed by atoms with Gasteiger partial charge in [-0.15, -0.1) is 0 Å². The summed E-state index contributed by atoms with van der Waals surface area (Å²) in [4.78, 5) is 19.6. The summed E-state index contributed by atoms with van der Waals surface area (Å²) in [5.74, 6) is 3.27. The fourth-order valence-corrected chi connectivity index (χ4v) is 4.15. The van der Waals surface area contributed by atoms with Crippen LogP contribution in [0.5, 0.6) is 11.5 Å². The number of nitrogens with one attached hydrogen (secondary N) is 2. The Labute approximate surface area is 207 Å². The minimum Gasteiger partial charge on any atom is -0.497 e. The Morgan fingerprint density at radius 2 is 1.80 bits per heavy atom. The van der Waals surface area contributed by atoms with Gasteiger partial charge in [-0.3, -0.25) is 0 Å². The number of ether oxygens (including phenoxy) is 2. The zero-order chi connectivity index (χ0) is 24.5. The number of imidazole rings is 1. The van der Waals surface area contributed by atoms with Crippen molar-refractivity contribution in [2.75, 3.05) is 33.6 Å². The van der Waals surface area contributed by atoms with Crippen molar-refractivity contribution in [3.8, 4) is 22.9 Å². The highest BCUT2D eigenvalue weighted by Gasteiger charge is 2.16. The van der Waals surface area contributed by atoms with Crippen LogP contribution in [0, 0.1) is 0 Å². The number of fused-ring (bicyclic) bond motifs is 2.